The lowest BCUT2D eigenvalue weighted by Gasteiger charge is -2.11. The number of hydrogen-bond acceptors (Lipinski definition) is 4. The van der Waals surface area contributed by atoms with Gasteiger partial charge in [0.25, 0.3) is 0 Å². The Morgan fingerprint density at radius 3 is 2.74 bits per heavy atom. The molecule has 1 N–H and O–H groups in total. The average molecular weight is 307 g/mol. The van der Waals surface area contributed by atoms with E-state index in [1.54, 1.807) is 0 Å². The van der Waals surface area contributed by atoms with Crippen LogP contribution < -0.4 is 10.1 Å². The number of likely N-dealkylation sites (N-methyl/N-ethyl adjacent to an activating group) is 1. The van der Waals surface area contributed by atoms with Crippen molar-refractivity contribution in [3.05, 3.63) is 72.1 Å². The molecule has 4 heteroatoms. The molecule has 0 atom stereocenters. The first-order chi connectivity index (χ1) is 11.2. The fourth-order valence-electron chi connectivity index (χ4n) is 1.99. The highest BCUT2D eigenvalue weighted by Crippen LogP contribution is 2.20. The Hall–Kier alpha value is -2.77. The number of nitrogens with zero attached hydrogens (tertiary/aromatic N) is 2. The molecule has 118 valence electrons. The molecule has 0 unspecified atom stereocenters. The standard InChI is InChI=1S/C19H21N3O/c1-22(2)12-13-23-19-7-5-17(6-8-19)18(15-20)14-16-4-3-10-21-11-9-16/h3-11,14,21H,12-13H2,1-2H3/b18-14+. The van der Waals surface area contributed by atoms with E-state index in [1.165, 1.54) is 0 Å². The number of allylic oxidation sites excluding steroid dienone is 6. The van der Waals surface area contributed by atoms with E-state index in [2.05, 4.69) is 16.3 Å². The van der Waals surface area contributed by atoms with Crippen LogP contribution in [0.2, 0.25) is 0 Å². The Morgan fingerprint density at radius 1 is 1.26 bits per heavy atom. The smallest absolute Gasteiger partial charge is 0.119 e. The molecule has 1 aromatic carbocycles. The summed E-state index contributed by atoms with van der Waals surface area (Å²) in [7, 11) is 4.02. The average Bonchev–Trinajstić information content (AvgIpc) is 2.82. The number of nitriles is 1. The summed E-state index contributed by atoms with van der Waals surface area (Å²) in [6.45, 7) is 1.51. The zero-order chi connectivity index (χ0) is 16.5. The van der Waals surface area contributed by atoms with Crippen molar-refractivity contribution in [2.75, 3.05) is 27.2 Å². The van der Waals surface area contributed by atoms with Crippen LogP contribution in [0.25, 0.3) is 5.57 Å². The van der Waals surface area contributed by atoms with Gasteiger partial charge < -0.3 is 15.0 Å². The van der Waals surface area contributed by atoms with E-state index in [-0.39, 0.29) is 0 Å². The quantitative estimate of drug-likeness (QED) is 0.821. The molecule has 0 fully saturated rings. The third-order valence-corrected chi connectivity index (χ3v) is 3.26. The maximum atomic E-state index is 9.41. The Balaban J connectivity index is 2.08. The molecular weight excluding hydrogens is 286 g/mol. The summed E-state index contributed by atoms with van der Waals surface area (Å²) in [6.07, 6.45) is 11.3. The van der Waals surface area contributed by atoms with E-state index >= 15 is 0 Å². The van der Waals surface area contributed by atoms with Gasteiger partial charge in [-0.05, 0) is 67.7 Å². The molecule has 0 saturated heterocycles. The van der Waals surface area contributed by atoms with Crippen LogP contribution in [0.4, 0.5) is 0 Å². The van der Waals surface area contributed by atoms with E-state index in [0.717, 1.165) is 23.4 Å². The molecule has 0 radical (unpaired) electrons. The summed E-state index contributed by atoms with van der Waals surface area (Å²) in [5.74, 6) is 0.814. The molecule has 0 saturated carbocycles. The van der Waals surface area contributed by atoms with Gasteiger partial charge in [-0.15, -0.1) is 0 Å². The fraction of sp³-hybridized carbons (Fsp3) is 0.211. The zero-order valence-corrected chi connectivity index (χ0v) is 13.5. The topological polar surface area (TPSA) is 48.3 Å². The fourth-order valence-corrected chi connectivity index (χ4v) is 1.99. The summed E-state index contributed by atoms with van der Waals surface area (Å²) in [5, 5.41) is 12.4. The monoisotopic (exact) mass is 307 g/mol. The minimum atomic E-state index is 0.621. The van der Waals surface area contributed by atoms with Crippen LogP contribution in [-0.4, -0.2) is 32.1 Å². The van der Waals surface area contributed by atoms with Crippen molar-refractivity contribution in [3.63, 3.8) is 0 Å². The van der Waals surface area contributed by atoms with E-state index in [4.69, 9.17) is 4.74 Å². The van der Waals surface area contributed by atoms with Crippen molar-refractivity contribution in [2.24, 2.45) is 0 Å². The molecule has 1 aromatic rings. The van der Waals surface area contributed by atoms with Crippen LogP contribution in [0.15, 0.2) is 66.5 Å². The summed E-state index contributed by atoms with van der Waals surface area (Å²) in [5.41, 5.74) is 2.47. The second-order valence-electron chi connectivity index (χ2n) is 5.37. The van der Waals surface area contributed by atoms with Gasteiger partial charge in [0.1, 0.15) is 12.4 Å². The third-order valence-electron chi connectivity index (χ3n) is 3.26. The molecule has 2 rings (SSSR count). The van der Waals surface area contributed by atoms with Gasteiger partial charge in [-0.25, -0.2) is 0 Å². The number of hydrogen-bond donors (Lipinski definition) is 1. The largest absolute Gasteiger partial charge is 0.492 e. The first-order valence-electron chi connectivity index (χ1n) is 7.48. The minimum absolute atomic E-state index is 0.621. The molecule has 0 aromatic heterocycles. The highest BCUT2D eigenvalue weighted by Gasteiger charge is 2.03. The van der Waals surface area contributed by atoms with Gasteiger partial charge in [0.15, 0.2) is 0 Å². The van der Waals surface area contributed by atoms with Crippen molar-refractivity contribution in [1.82, 2.24) is 10.2 Å². The number of rotatable bonds is 6. The Kier molecular flexibility index (Phi) is 6.22. The van der Waals surface area contributed by atoms with Gasteiger partial charge in [-0.2, -0.15) is 5.26 Å². The van der Waals surface area contributed by atoms with Gasteiger partial charge in [0, 0.05) is 18.9 Å². The lowest BCUT2D eigenvalue weighted by molar-refractivity contribution is 0.261. The van der Waals surface area contributed by atoms with Crippen molar-refractivity contribution in [3.8, 4) is 11.8 Å². The molecular formula is C19H21N3O. The van der Waals surface area contributed by atoms with Crippen molar-refractivity contribution >= 4 is 5.57 Å². The number of benzene rings is 1. The number of nitrogens with one attached hydrogen (secondary N) is 1. The predicted molar refractivity (Wildman–Crippen MR) is 93.6 cm³/mol. The molecule has 1 heterocycles. The SMILES string of the molecule is CN(C)CCOc1ccc(/C(C#N)=C/C2=CC=CNC=C2)cc1. The maximum absolute atomic E-state index is 9.41. The van der Waals surface area contributed by atoms with Crippen LogP contribution in [0.1, 0.15) is 5.56 Å². The molecule has 1 aliphatic heterocycles. The Labute approximate surface area is 137 Å². The van der Waals surface area contributed by atoms with Crippen molar-refractivity contribution in [2.45, 2.75) is 0 Å². The summed E-state index contributed by atoms with van der Waals surface area (Å²) in [4.78, 5) is 2.07. The lowest BCUT2D eigenvalue weighted by atomic mass is 10.0. The van der Waals surface area contributed by atoms with Gasteiger partial charge >= 0.3 is 0 Å². The normalized spacial score (nSPS) is 14.0. The number of ether oxygens (including phenoxy) is 1. The van der Waals surface area contributed by atoms with Crippen molar-refractivity contribution < 1.29 is 4.74 Å². The van der Waals surface area contributed by atoms with E-state index in [9.17, 15) is 5.26 Å². The molecule has 0 spiro atoms. The van der Waals surface area contributed by atoms with Gasteiger partial charge in [-0.1, -0.05) is 6.08 Å². The summed E-state index contributed by atoms with van der Waals surface area (Å²) >= 11 is 0. The minimum Gasteiger partial charge on any atom is -0.492 e. The van der Waals surface area contributed by atoms with Crippen LogP contribution >= 0.6 is 0 Å². The lowest BCUT2D eigenvalue weighted by Crippen LogP contribution is -2.19. The molecule has 0 bridgehead atoms. The van der Waals surface area contributed by atoms with Crippen LogP contribution in [0.3, 0.4) is 0 Å². The molecule has 23 heavy (non-hydrogen) atoms. The third kappa shape index (κ3) is 5.50. The van der Waals surface area contributed by atoms with Crippen LogP contribution in [0.5, 0.6) is 5.75 Å². The first kappa shape index (κ1) is 16.6. The first-order valence-corrected chi connectivity index (χ1v) is 7.48. The second kappa shape index (κ2) is 8.62. The summed E-state index contributed by atoms with van der Waals surface area (Å²) < 4.78 is 5.67. The predicted octanol–water partition coefficient (Wildman–Crippen LogP) is 3.09. The van der Waals surface area contributed by atoms with Gasteiger partial charge in [0.2, 0.25) is 0 Å². The molecule has 1 aliphatic rings. The van der Waals surface area contributed by atoms with E-state index in [1.807, 2.05) is 75.1 Å². The van der Waals surface area contributed by atoms with Crippen molar-refractivity contribution in [1.29, 1.82) is 5.26 Å². The zero-order valence-electron chi connectivity index (χ0n) is 13.5. The Morgan fingerprint density at radius 2 is 2.04 bits per heavy atom. The van der Waals surface area contributed by atoms with E-state index in [0.29, 0.717) is 12.2 Å². The van der Waals surface area contributed by atoms with Gasteiger partial charge in [0.05, 0.1) is 11.6 Å². The highest BCUT2D eigenvalue weighted by atomic mass is 16.5. The molecule has 0 amide bonds. The molecule has 0 aliphatic carbocycles. The van der Waals surface area contributed by atoms with Crippen LogP contribution in [-0.2, 0) is 0 Å². The molecule has 4 nitrogen and oxygen atoms in total. The van der Waals surface area contributed by atoms with Crippen LogP contribution in [0, 0.1) is 11.3 Å². The summed E-state index contributed by atoms with van der Waals surface area (Å²) in [6, 6.07) is 9.88. The maximum Gasteiger partial charge on any atom is 0.119 e. The van der Waals surface area contributed by atoms with E-state index < -0.39 is 0 Å². The Bertz CT molecular complexity index is 674. The van der Waals surface area contributed by atoms with Gasteiger partial charge in [-0.3, -0.25) is 0 Å². The second-order valence-corrected chi connectivity index (χ2v) is 5.37. The highest BCUT2D eigenvalue weighted by molar-refractivity contribution is 5.79.